The number of aromatic nitrogens is 2. The number of hydrogen-bond donors (Lipinski definition) is 1. The van der Waals surface area contributed by atoms with Gasteiger partial charge in [-0.3, -0.25) is 9.80 Å². The van der Waals surface area contributed by atoms with Gasteiger partial charge in [-0.15, -0.1) is 0 Å². The van der Waals surface area contributed by atoms with Crippen molar-refractivity contribution < 1.29 is 5.11 Å². The summed E-state index contributed by atoms with van der Waals surface area (Å²) in [5.74, 6) is 0.963. The van der Waals surface area contributed by atoms with E-state index in [1.54, 1.807) is 0 Å². The van der Waals surface area contributed by atoms with Crippen molar-refractivity contribution in [3.05, 3.63) is 48.4 Å². The monoisotopic (exact) mass is 328 g/mol. The number of aliphatic hydroxyl groups is 1. The van der Waals surface area contributed by atoms with Gasteiger partial charge >= 0.3 is 0 Å². The molecule has 1 aliphatic heterocycles. The Morgan fingerprint density at radius 3 is 2.79 bits per heavy atom. The van der Waals surface area contributed by atoms with Crippen LogP contribution in [-0.2, 0) is 6.54 Å². The minimum absolute atomic E-state index is 0.256. The zero-order valence-electron chi connectivity index (χ0n) is 14.7. The molecule has 0 aliphatic carbocycles. The molecule has 1 fully saturated rings. The Hall–Kier alpha value is -1.69. The molecule has 0 aromatic carbocycles. The van der Waals surface area contributed by atoms with E-state index in [1.807, 2.05) is 24.4 Å². The molecule has 0 bridgehead atoms. The summed E-state index contributed by atoms with van der Waals surface area (Å²) in [6, 6.07) is 11.2. The third-order valence-electron chi connectivity index (χ3n) is 4.85. The van der Waals surface area contributed by atoms with Crippen molar-refractivity contribution in [3.8, 4) is 5.82 Å². The second-order valence-electron chi connectivity index (χ2n) is 6.79. The molecule has 0 radical (unpaired) electrons. The Morgan fingerprint density at radius 2 is 2.08 bits per heavy atom. The van der Waals surface area contributed by atoms with Crippen molar-refractivity contribution in [3.63, 3.8) is 0 Å². The van der Waals surface area contributed by atoms with E-state index in [1.165, 1.54) is 5.69 Å². The molecule has 1 atom stereocenters. The van der Waals surface area contributed by atoms with Gasteiger partial charge in [0.2, 0.25) is 0 Å². The minimum Gasteiger partial charge on any atom is -0.396 e. The van der Waals surface area contributed by atoms with Crippen molar-refractivity contribution in [1.29, 1.82) is 0 Å². The van der Waals surface area contributed by atoms with Crippen LogP contribution in [0.15, 0.2) is 42.7 Å². The Morgan fingerprint density at radius 1 is 1.21 bits per heavy atom. The average Bonchev–Trinajstić information content (AvgIpc) is 3.04. The highest BCUT2D eigenvalue weighted by atomic mass is 16.3. The summed E-state index contributed by atoms with van der Waals surface area (Å²) in [5, 5.41) is 9.40. The van der Waals surface area contributed by atoms with E-state index >= 15 is 0 Å². The van der Waals surface area contributed by atoms with Gasteiger partial charge in [-0.25, -0.2) is 4.98 Å². The third-order valence-corrected chi connectivity index (χ3v) is 4.85. The average molecular weight is 328 g/mol. The summed E-state index contributed by atoms with van der Waals surface area (Å²) in [7, 11) is 0. The molecule has 1 aliphatic rings. The fourth-order valence-corrected chi connectivity index (χ4v) is 3.66. The lowest BCUT2D eigenvalue weighted by atomic mass is 10.1. The second kappa shape index (κ2) is 7.92. The fraction of sp³-hybridized carbons (Fsp3) is 0.526. The lowest BCUT2D eigenvalue weighted by molar-refractivity contribution is 0.0342. The van der Waals surface area contributed by atoms with Crippen molar-refractivity contribution in [2.75, 3.05) is 26.2 Å². The van der Waals surface area contributed by atoms with Crippen molar-refractivity contribution in [1.82, 2.24) is 19.4 Å². The molecule has 2 aromatic heterocycles. The van der Waals surface area contributed by atoms with Crippen LogP contribution in [0, 0.1) is 0 Å². The normalized spacial score (nSPS) is 19.9. The minimum atomic E-state index is 0.256. The maximum absolute atomic E-state index is 9.40. The first-order valence-electron chi connectivity index (χ1n) is 8.85. The highest BCUT2D eigenvalue weighted by Crippen LogP contribution is 2.19. The molecule has 130 valence electrons. The molecular weight excluding hydrogens is 300 g/mol. The number of piperazine rings is 1. The van der Waals surface area contributed by atoms with Crippen LogP contribution in [0.2, 0.25) is 0 Å². The van der Waals surface area contributed by atoms with Gasteiger partial charge in [0.15, 0.2) is 0 Å². The lowest BCUT2D eigenvalue weighted by Crippen LogP contribution is -2.55. The largest absolute Gasteiger partial charge is 0.396 e. The molecule has 0 amide bonds. The first kappa shape index (κ1) is 17.1. The van der Waals surface area contributed by atoms with E-state index in [0.717, 1.165) is 38.4 Å². The van der Waals surface area contributed by atoms with Crippen LogP contribution < -0.4 is 0 Å². The zero-order chi connectivity index (χ0) is 16.9. The first-order chi connectivity index (χ1) is 11.7. The van der Waals surface area contributed by atoms with Crippen LogP contribution in [0.1, 0.15) is 26.0 Å². The molecule has 5 heteroatoms. The Kier molecular flexibility index (Phi) is 5.66. The van der Waals surface area contributed by atoms with E-state index in [0.29, 0.717) is 12.1 Å². The SMILES string of the molecule is CC(C)N1CCN(Cc2cccn2-c2ccccn2)C[C@H]1CCO. The summed E-state index contributed by atoms with van der Waals surface area (Å²) in [4.78, 5) is 9.47. The summed E-state index contributed by atoms with van der Waals surface area (Å²) in [6.45, 7) is 8.79. The maximum atomic E-state index is 9.40. The zero-order valence-corrected chi connectivity index (χ0v) is 14.7. The molecule has 1 saturated heterocycles. The van der Waals surface area contributed by atoms with Crippen LogP contribution in [0.4, 0.5) is 0 Å². The van der Waals surface area contributed by atoms with E-state index < -0.39 is 0 Å². The van der Waals surface area contributed by atoms with Gasteiger partial charge in [0.1, 0.15) is 5.82 Å². The fourth-order valence-electron chi connectivity index (χ4n) is 3.66. The predicted molar refractivity (Wildman–Crippen MR) is 96.2 cm³/mol. The van der Waals surface area contributed by atoms with Crippen LogP contribution >= 0.6 is 0 Å². The van der Waals surface area contributed by atoms with E-state index in [4.69, 9.17) is 0 Å². The van der Waals surface area contributed by atoms with Gasteiger partial charge < -0.3 is 9.67 Å². The van der Waals surface area contributed by atoms with Crippen molar-refractivity contribution in [2.24, 2.45) is 0 Å². The lowest BCUT2D eigenvalue weighted by Gasteiger charge is -2.43. The van der Waals surface area contributed by atoms with Gasteiger partial charge in [-0.1, -0.05) is 6.07 Å². The van der Waals surface area contributed by atoms with E-state index in [9.17, 15) is 5.11 Å². The molecule has 5 nitrogen and oxygen atoms in total. The molecule has 24 heavy (non-hydrogen) atoms. The number of pyridine rings is 1. The molecule has 0 unspecified atom stereocenters. The quantitative estimate of drug-likeness (QED) is 0.882. The summed E-state index contributed by atoms with van der Waals surface area (Å²) in [6.07, 6.45) is 4.75. The molecular formula is C19H28N4O. The molecule has 2 aromatic rings. The van der Waals surface area contributed by atoms with Gasteiger partial charge in [0, 0.05) is 63.0 Å². The van der Waals surface area contributed by atoms with E-state index in [-0.39, 0.29) is 6.61 Å². The van der Waals surface area contributed by atoms with Crippen molar-refractivity contribution >= 4 is 0 Å². The number of hydrogen-bond acceptors (Lipinski definition) is 4. The molecule has 1 N–H and O–H groups in total. The molecule has 3 rings (SSSR count). The molecule has 0 saturated carbocycles. The standard InChI is InChI=1S/C19H28N4O/c1-16(2)22-12-11-21(15-18(22)8-13-24)14-17-6-5-10-23(17)19-7-3-4-9-20-19/h3-7,9-10,16,18,24H,8,11-15H2,1-2H3/t18-/m1/s1. The van der Waals surface area contributed by atoms with Gasteiger partial charge in [0.05, 0.1) is 0 Å². The maximum Gasteiger partial charge on any atom is 0.136 e. The summed E-state index contributed by atoms with van der Waals surface area (Å²) in [5.41, 5.74) is 1.26. The highest BCUT2D eigenvalue weighted by molar-refractivity contribution is 5.27. The number of rotatable bonds is 6. The summed E-state index contributed by atoms with van der Waals surface area (Å²) < 4.78 is 2.16. The predicted octanol–water partition coefficient (Wildman–Crippen LogP) is 2.15. The summed E-state index contributed by atoms with van der Waals surface area (Å²) >= 11 is 0. The van der Waals surface area contributed by atoms with Crippen LogP contribution in [0.5, 0.6) is 0 Å². The van der Waals surface area contributed by atoms with Crippen LogP contribution in [0.3, 0.4) is 0 Å². The first-order valence-corrected chi connectivity index (χ1v) is 8.85. The smallest absolute Gasteiger partial charge is 0.136 e. The Balaban J connectivity index is 1.70. The third kappa shape index (κ3) is 3.86. The van der Waals surface area contributed by atoms with E-state index in [2.05, 4.69) is 51.5 Å². The van der Waals surface area contributed by atoms with Gasteiger partial charge in [0.25, 0.3) is 0 Å². The Labute approximate surface area is 144 Å². The van der Waals surface area contributed by atoms with Gasteiger partial charge in [-0.05, 0) is 44.5 Å². The van der Waals surface area contributed by atoms with Gasteiger partial charge in [-0.2, -0.15) is 0 Å². The number of nitrogens with zero attached hydrogens (tertiary/aromatic N) is 4. The molecule has 3 heterocycles. The van der Waals surface area contributed by atoms with Crippen LogP contribution in [-0.4, -0.2) is 62.8 Å². The Bertz CT molecular complexity index is 625. The highest BCUT2D eigenvalue weighted by Gasteiger charge is 2.28. The van der Waals surface area contributed by atoms with Crippen LogP contribution in [0.25, 0.3) is 5.82 Å². The molecule has 0 spiro atoms. The topological polar surface area (TPSA) is 44.5 Å². The second-order valence-corrected chi connectivity index (χ2v) is 6.79. The number of aliphatic hydroxyl groups excluding tert-OH is 1. The van der Waals surface area contributed by atoms with Crippen molar-refractivity contribution in [2.45, 2.75) is 38.9 Å².